The second-order valence-electron chi connectivity index (χ2n) is 2.99. The molecule has 1 fully saturated rings. The first-order valence-electron chi connectivity index (χ1n) is 3.22. The molecule has 3 N–H and O–H groups in total. The molecule has 1 rings (SSSR count). The summed E-state index contributed by atoms with van der Waals surface area (Å²) in [6.45, 7) is 3.04. The van der Waals surface area contributed by atoms with E-state index in [4.69, 9.17) is 5.73 Å². The van der Waals surface area contributed by atoms with E-state index < -0.39 is 0 Å². The molecule has 3 heteroatoms. The molecule has 0 spiro atoms. The first kappa shape index (κ1) is 6.96. The van der Waals surface area contributed by atoms with Crippen molar-refractivity contribution in [2.24, 2.45) is 11.7 Å². The molecule has 1 saturated heterocycles. The zero-order valence-corrected chi connectivity index (χ0v) is 5.65. The summed E-state index contributed by atoms with van der Waals surface area (Å²) in [5.41, 5.74) is 5.41. The average Bonchev–Trinajstić information content (AvgIpc) is 2.08. The molecule has 2 unspecified atom stereocenters. The van der Waals surface area contributed by atoms with Gasteiger partial charge in [0.25, 0.3) is 0 Å². The molecule has 2 atom stereocenters. The fourth-order valence-electron chi connectivity index (χ4n) is 1.12. The van der Waals surface area contributed by atoms with E-state index in [1.54, 1.807) is 0 Å². The van der Waals surface area contributed by atoms with Gasteiger partial charge in [-0.15, -0.1) is 0 Å². The Morgan fingerprint density at radius 2 is 2.56 bits per heavy atom. The van der Waals surface area contributed by atoms with Gasteiger partial charge in [0.05, 0.1) is 6.67 Å². The summed E-state index contributed by atoms with van der Waals surface area (Å²) in [4.78, 5) is 0. The molecule has 1 aliphatic rings. The highest BCUT2D eigenvalue weighted by Crippen LogP contribution is 2.18. The third-order valence-electron chi connectivity index (χ3n) is 2.02. The maximum atomic E-state index is 12.1. The lowest BCUT2D eigenvalue weighted by Crippen LogP contribution is -2.44. The van der Waals surface area contributed by atoms with Gasteiger partial charge in [-0.05, 0) is 6.92 Å². The van der Waals surface area contributed by atoms with E-state index in [0.29, 0.717) is 0 Å². The van der Waals surface area contributed by atoms with Crippen LogP contribution >= 0.6 is 0 Å². The van der Waals surface area contributed by atoms with Crippen molar-refractivity contribution in [2.45, 2.75) is 12.5 Å². The van der Waals surface area contributed by atoms with Crippen LogP contribution < -0.4 is 11.1 Å². The molecule has 0 aromatic heterocycles. The summed E-state index contributed by atoms with van der Waals surface area (Å²) >= 11 is 0. The van der Waals surface area contributed by atoms with Gasteiger partial charge in [-0.2, -0.15) is 0 Å². The Hall–Kier alpha value is -0.150. The topological polar surface area (TPSA) is 38.0 Å². The number of hydrogen-bond acceptors (Lipinski definition) is 2. The number of halogens is 1. The third-order valence-corrected chi connectivity index (χ3v) is 2.02. The summed E-state index contributed by atoms with van der Waals surface area (Å²) in [5, 5.41) is 3.05. The summed E-state index contributed by atoms with van der Waals surface area (Å²) in [5.74, 6) is 0.0116. The maximum absolute atomic E-state index is 12.1. The van der Waals surface area contributed by atoms with Gasteiger partial charge in [-0.3, -0.25) is 4.39 Å². The largest absolute Gasteiger partial charge is 0.324 e. The standard InChI is InChI=1S/C6H13FN2/c1-6(8)4-9-3-5(6)2-7/h5,9H,2-4,8H2,1H3. The molecular formula is C6H13FN2. The predicted molar refractivity (Wildman–Crippen MR) is 34.9 cm³/mol. The van der Waals surface area contributed by atoms with E-state index in [-0.39, 0.29) is 18.1 Å². The molecule has 0 saturated carbocycles. The molecule has 0 amide bonds. The molecule has 0 aliphatic carbocycles. The van der Waals surface area contributed by atoms with Gasteiger partial charge >= 0.3 is 0 Å². The molecule has 1 aliphatic heterocycles. The van der Waals surface area contributed by atoms with Gasteiger partial charge in [0.1, 0.15) is 0 Å². The highest BCUT2D eigenvalue weighted by molar-refractivity contribution is 4.95. The fraction of sp³-hybridized carbons (Fsp3) is 1.00. The Morgan fingerprint density at radius 3 is 2.78 bits per heavy atom. The van der Waals surface area contributed by atoms with Crippen molar-refractivity contribution in [2.75, 3.05) is 19.8 Å². The van der Waals surface area contributed by atoms with Gasteiger partial charge in [0.2, 0.25) is 0 Å². The number of alkyl halides is 1. The molecular weight excluding hydrogens is 119 g/mol. The van der Waals surface area contributed by atoms with E-state index in [0.717, 1.165) is 13.1 Å². The van der Waals surface area contributed by atoms with Gasteiger partial charge < -0.3 is 11.1 Å². The van der Waals surface area contributed by atoms with Crippen LogP contribution in [-0.2, 0) is 0 Å². The maximum Gasteiger partial charge on any atom is 0.0952 e. The minimum absolute atomic E-state index is 0.0116. The zero-order chi connectivity index (χ0) is 6.91. The van der Waals surface area contributed by atoms with E-state index in [1.807, 2.05) is 6.92 Å². The molecule has 0 aromatic rings. The average molecular weight is 132 g/mol. The van der Waals surface area contributed by atoms with Crippen LogP contribution in [-0.4, -0.2) is 25.3 Å². The first-order valence-corrected chi connectivity index (χ1v) is 3.22. The summed E-state index contributed by atoms with van der Waals surface area (Å²) in [6, 6.07) is 0. The van der Waals surface area contributed by atoms with E-state index in [1.165, 1.54) is 0 Å². The second-order valence-corrected chi connectivity index (χ2v) is 2.99. The minimum Gasteiger partial charge on any atom is -0.324 e. The number of nitrogens with one attached hydrogen (secondary N) is 1. The van der Waals surface area contributed by atoms with Crippen LogP contribution in [0, 0.1) is 5.92 Å². The Morgan fingerprint density at radius 1 is 1.89 bits per heavy atom. The van der Waals surface area contributed by atoms with E-state index in [9.17, 15) is 4.39 Å². The Balaban J connectivity index is 2.52. The van der Waals surface area contributed by atoms with E-state index >= 15 is 0 Å². The van der Waals surface area contributed by atoms with Crippen LogP contribution in [0.25, 0.3) is 0 Å². The molecule has 0 aromatic carbocycles. The number of rotatable bonds is 1. The van der Waals surface area contributed by atoms with Crippen molar-refractivity contribution < 1.29 is 4.39 Å². The van der Waals surface area contributed by atoms with Gasteiger partial charge in [-0.1, -0.05) is 0 Å². The minimum atomic E-state index is -0.325. The Kier molecular flexibility index (Phi) is 1.73. The second kappa shape index (κ2) is 2.23. The molecule has 9 heavy (non-hydrogen) atoms. The van der Waals surface area contributed by atoms with Crippen molar-refractivity contribution in [3.8, 4) is 0 Å². The highest BCUT2D eigenvalue weighted by Gasteiger charge is 2.34. The summed E-state index contributed by atoms with van der Waals surface area (Å²) in [6.07, 6.45) is 0. The van der Waals surface area contributed by atoms with Crippen molar-refractivity contribution in [1.82, 2.24) is 5.32 Å². The molecule has 0 radical (unpaired) electrons. The summed E-state index contributed by atoms with van der Waals surface area (Å²) in [7, 11) is 0. The normalized spacial score (nSPS) is 43.7. The van der Waals surface area contributed by atoms with Crippen LogP contribution in [0.5, 0.6) is 0 Å². The lowest BCUT2D eigenvalue weighted by Gasteiger charge is -2.22. The Bertz CT molecular complexity index is 103. The van der Waals surface area contributed by atoms with Crippen molar-refractivity contribution in [3.63, 3.8) is 0 Å². The van der Waals surface area contributed by atoms with Gasteiger partial charge in [0.15, 0.2) is 0 Å². The smallest absolute Gasteiger partial charge is 0.0952 e. The first-order chi connectivity index (χ1) is 4.17. The number of hydrogen-bond donors (Lipinski definition) is 2. The van der Waals surface area contributed by atoms with Crippen LogP contribution in [0.15, 0.2) is 0 Å². The third kappa shape index (κ3) is 1.22. The SMILES string of the molecule is CC1(N)CNCC1CF. The lowest BCUT2D eigenvalue weighted by atomic mass is 9.92. The van der Waals surface area contributed by atoms with E-state index in [2.05, 4.69) is 5.32 Å². The monoisotopic (exact) mass is 132 g/mol. The fourth-order valence-corrected chi connectivity index (χ4v) is 1.12. The lowest BCUT2D eigenvalue weighted by molar-refractivity contribution is 0.291. The van der Waals surface area contributed by atoms with Crippen LogP contribution in [0.3, 0.4) is 0 Å². The molecule has 0 bridgehead atoms. The van der Waals surface area contributed by atoms with Crippen LogP contribution in [0.4, 0.5) is 4.39 Å². The quantitative estimate of drug-likeness (QED) is 0.522. The van der Waals surface area contributed by atoms with Crippen molar-refractivity contribution >= 4 is 0 Å². The molecule has 2 nitrogen and oxygen atoms in total. The number of nitrogens with two attached hydrogens (primary N) is 1. The summed E-state index contributed by atoms with van der Waals surface area (Å²) < 4.78 is 12.1. The predicted octanol–water partition coefficient (Wildman–Crippen LogP) is -0.107. The van der Waals surface area contributed by atoms with Crippen molar-refractivity contribution in [3.05, 3.63) is 0 Å². The van der Waals surface area contributed by atoms with Crippen molar-refractivity contribution in [1.29, 1.82) is 0 Å². The molecule has 54 valence electrons. The zero-order valence-electron chi connectivity index (χ0n) is 5.65. The van der Waals surface area contributed by atoms with Crippen LogP contribution in [0.1, 0.15) is 6.92 Å². The van der Waals surface area contributed by atoms with Crippen LogP contribution in [0.2, 0.25) is 0 Å². The van der Waals surface area contributed by atoms with Gasteiger partial charge in [-0.25, -0.2) is 0 Å². The molecule has 1 heterocycles. The van der Waals surface area contributed by atoms with Gasteiger partial charge in [0, 0.05) is 24.5 Å². The highest BCUT2D eigenvalue weighted by atomic mass is 19.1. The Labute approximate surface area is 54.6 Å².